The molecule has 0 saturated carbocycles. The van der Waals surface area contributed by atoms with E-state index in [1.165, 1.54) is 4.40 Å². The van der Waals surface area contributed by atoms with Crippen molar-refractivity contribution in [2.45, 2.75) is 6.18 Å². The van der Waals surface area contributed by atoms with Crippen LogP contribution < -0.4 is 11.2 Å². The van der Waals surface area contributed by atoms with Crippen molar-refractivity contribution in [3.63, 3.8) is 0 Å². The molecule has 5 nitrogen and oxygen atoms in total. The molecule has 0 aliphatic heterocycles. The van der Waals surface area contributed by atoms with Crippen LogP contribution in [0.3, 0.4) is 0 Å². The third kappa shape index (κ3) is 4.59. The molecule has 4 aromatic rings. The van der Waals surface area contributed by atoms with Crippen molar-refractivity contribution in [3.05, 3.63) is 95.4 Å². The van der Waals surface area contributed by atoms with E-state index >= 15 is 0 Å². The molecule has 0 amide bonds. The van der Waals surface area contributed by atoms with Gasteiger partial charge < -0.3 is 5.73 Å². The molecule has 0 spiro atoms. The van der Waals surface area contributed by atoms with E-state index in [-0.39, 0.29) is 23.7 Å². The fourth-order valence-electron chi connectivity index (χ4n) is 3.68. The zero-order valence-corrected chi connectivity index (χ0v) is 17.5. The van der Waals surface area contributed by atoms with Crippen LogP contribution in [0.2, 0.25) is 0 Å². The lowest BCUT2D eigenvalue weighted by Crippen LogP contribution is -2.09. The number of rotatable bonds is 6. The van der Waals surface area contributed by atoms with Gasteiger partial charge in [0.25, 0.3) is 0 Å². The SMILES string of the molecule is CNOC/C=C(\c1ccccc1)c1ccc2nc(N)c(-c3ccc(F)cc3C(F)(F)F)n2c1. The minimum atomic E-state index is -4.77. The first kappa shape index (κ1) is 22.5. The number of hydroxylamine groups is 1. The van der Waals surface area contributed by atoms with E-state index in [0.717, 1.165) is 23.3 Å². The topological polar surface area (TPSA) is 64.6 Å². The lowest BCUT2D eigenvalue weighted by atomic mass is 9.99. The van der Waals surface area contributed by atoms with Crippen LogP contribution in [0, 0.1) is 5.82 Å². The third-order valence-electron chi connectivity index (χ3n) is 5.10. The molecule has 2 aromatic carbocycles. The van der Waals surface area contributed by atoms with E-state index < -0.39 is 17.6 Å². The molecule has 0 aliphatic rings. The van der Waals surface area contributed by atoms with Crippen LogP contribution in [-0.2, 0) is 11.0 Å². The molecular formula is C24H20F4N4O. The summed E-state index contributed by atoms with van der Waals surface area (Å²) in [5, 5.41) is 0. The molecule has 2 aromatic heterocycles. The number of hydrogen-bond donors (Lipinski definition) is 2. The van der Waals surface area contributed by atoms with Crippen molar-refractivity contribution in [1.29, 1.82) is 0 Å². The second-order valence-corrected chi connectivity index (χ2v) is 7.18. The van der Waals surface area contributed by atoms with Gasteiger partial charge in [-0.2, -0.15) is 13.2 Å². The van der Waals surface area contributed by atoms with Crippen molar-refractivity contribution >= 4 is 17.0 Å². The van der Waals surface area contributed by atoms with E-state index in [0.29, 0.717) is 17.3 Å². The molecule has 0 fully saturated rings. The molecule has 9 heteroatoms. The molecule has 170 valence electrons. The monoisotopic (exact) mass is 456 g/mol. The fourth-order valence-corrected chi connectivity index (χ4v) is 3.68. The zero-order valence-electron chi connectivity index (χ0n) is 17.5. The average molecular weight is 456 g/mol. The molecule has 33 heavy (non-hydrogen) atoms. The van der Waals surface area contributed by atoms with Gasteiger partial charge in [0.15, 0.2) is 5.82 Å². The van der Waals surface area contributed by atoms with Crippen LogP contribution in [0.15, 0.2) is 72.9 Å². The van der Waals surface area contributed by atoms with Crippen LogP contribution in [0.25, 0.3) is 22.5 Å². The second kappa shape index (κ2) is 9.05. The Balaban J connectivity index is 1.92. The van der Waals surface area contributed by atoms with Crippen molar-refractivity contribution < 1.29 is 22.4 Å². The van der Waals surface area contributed by atoms with Crippen molar-refractivity contribution in [2.24, 2.45) is 0 Å². The molecule has 0 saturated heterocycles. The van der Waals surface area contributed by atoms with E-state index in [1.807, 2.05) is 36.4 Å². The standard InChI is InChI=1S/C24H20F4N4O/c1-30-33-12-11-18(15-5-3-2-4-6-15)16-7-10-21-31-23(29)22(32(21)14-16)19-9-8-17(25)13-20(19)24(26,27)28/h2-11,13-14,30H,12,29H2,1H3/b18-11+. The van der Waals surface area contributed by atoms with Crippen LogP contribution in [0.5, 0.6) is 0 Å². The lowest BCUT2D eigenvalue weighted by molar-refractivity contribution is -0.137. The summed E-state index contributed by atoms with van der Waals surface area (Å²) in [5.41, 5.74) is 10.1. The summed E-state index contributed by atoms with van der Waals surface area (Å²) in [4.78, 5) is 9.44. The summed E-state index contributed by atoms with van der Waals surface area (Å²) in [6.45, 7) is 0.258. The largest absolute Gasteiger partial charge is 0.417 e. The number of pyridine rings is 1. The fraction of sp³-hybridized carbons (Fsp3) is 0.125. The maximum atomic E-state index is 13.7. The van der Waals surface area contributed by atoms with Gasteiger partial charge in [-0.15, -0.1) is 0 Å². The molecule has 2 heterocycles. The van der Waals surface area contributed by atoms with Gasteiger partial charge in [-0.05, 0) is 53.1 Å². The normalized spacial score (nSPS) is 12.5. The number of fused-ring (bicyclic) bond motifs is 1. The number of nitrogens with zero attached hydrogens (tertiary/aromatic N) is 2. The predicted molar refractivity (Wildman–Crippen MR) is 119 cm³/mol. The Morgan fingerprint density at radius 1 is 1.09 bits per heavy atom. The van der Waals surface area contributed by atoms with E-state index in [4.69, 9.17) is 10.6 Å². The zero-order chi connectivity index (χ0) is 23.6. The molecule has 0 bridgehead atoms. The quantitative estimate of drug-likeness (QED) is 0.234. The van der Waals surface area contributed by atoms with Gasteiger partial charge in [-0.1, -0.05) is 30.3 Å². The van der Waals surface area contributed by atoms with Crippen LogP contribution >= 0.6 is 0 Å². The Kier molecular flexibility index (Phi) is 6.17. The van der Waals surface area contributed by atoms with Crippen molar-refractivity contribution in [2.75, 3.05) is 19.4 Å². The van der Waals surface area contributed by atoms with Gasteiger partial charge in [-0.25, -0.2) is 14.9 Å². The van der Waals surface area contributed by atoms with Gasteiger partial charge in [0, 0.05) is 18.8 Å². The van der Waals surface area contributed by atoms with E-state index in [1.54, 1.807) is 25.4 Å². The van der Waals surface area contributed by atoms with Crippen LogP contribution in [-0.4, -0.2) is 23.0 Å². The summed E-state index contributed by atoms with van der Waals surface area (Å²) in [5.74, 6) is -1.08. The number of halogens is 4. The summed E-state index contributed by atoms with van der Waals surface area (Å²) < 4.78 is 56.2. The maximum Gasteiger partial charge on any atom is 0.417 e. The molecule has 4 rings (SSSR count). The first-order valence-electron chi connectivity index (χ1n) is 9.99. The maximum absolute atomic E-state index is 13.7. The Bertz CT molecular complexity index is 1310. The smallest absolute Gasteiger partial charge is 0.382 e. The Hall–Kier alpha value is -3.69. The number of aromatic nitrogens is 2. The Morgan fingerprint density at radius 2 is 1.85 bits per heavy atom. The highest BCUT2D eigenvalue weighted by molar-refractivity contribution is 5.82. The lowest BCUT2D eigenvalue weighted by Gasteiger charge is -2.14. The highest BCUT2D eigenvalue weighted by Gasteiger charge is 2.35. The van der Waals surface area contributed by atoms with Crippen LogP contribution in [0.4, 0.5) is 23.4 Å². The third-order valence-corrected chi connectivity index (χ3v) is 5.10. The first-order valence-corrected chi connectivity index (χ1v) is 9.99. The number of benzene rings is 2. The molecular weight excluding hydrogens is 436 g/mol. The van der Waals surface area contributed by atoms with E-state index in [2.05, 4.69) is 10.5 Å². The van der Waals surface area contributed by atoms with E-state index in [9.17, 15) is 17.6 Å². The molecule has 0 radical (unpaired) electrons. The highest BCUT2D eigenvalue weighted by atomic mass is 19.4. The Morgan fingerprint density at radius 3 is 2.55 bits per heavy atom. The second-order valence-electron chi connectivity index (χ2n) is 7.18. The van der Waals surface area contributed by atoms with Gasteiger partial charge >= 0.3 is 6.18 Å². The van der Waals surface area contributed by atoms with Gasteiger partial charge in [0.2, 0.25) is 0 Å². The molecule has 3 N–H and O–H groups in total. The predicted octanol–water partition coefficient (Wildman–Crippen LogP) is 5.32. The average Bonchev–Trinajstić information content (AvgIpc) is 3.11. The number of hydrogen-bond acceptors (Lipinski definition) is 4. The van der Waals surface area contributed by atoms with Crippen molar-refractivity contribution in [1.82, 2.24) is 14.9 Å². The number of alkyl halides is 3. The van der Waals surface area contributed by atoms with Gasteiger partial charge in [-0.3, -0.25) is 9.24 Å². The molecule has 0 aliphatic carbocycles. The van der Waals surface area contributed by atoms with Gasteiger partial charge in [0.05, 0.1) is 17.9 Å². The van der Waals surface area contributed by atoms with Crippen LogP contribution in [0.1, 0.15) is 16.7 Å². The van der Waals surface area contributed by atoms with Gasteiger partial charge in [0.1, 0.15) is 11.5 Å². The highest BCUT2D eigenvalue weighted by Crippen LogP contribution is 2.40. The summed E-state index contributed by atoms with van der Waals surface area (Å²) >= 11 is 0. The number of nitrogen functional groups attached to an aromatic ring is 1. The number of nitrogens with two attached hydrogens (primary N) is 1. The summed E-state index contributed by atoms with van der Waals surface area (Å²) in [7, 11) is 1.64. The minimum Gasteiger partial charge on any atom is -0.382 e. The Labute approximate surface area is 187 Å². The number of nitrogens with one attached hydrogen (secondary N) is 1. The summed E-state index contributed by atoms with van der Waals surface area (Å²) in [6, 6.07) is 15.5. The molecule has 0 atom stereocenters. The van der Waals surface area contributed by atoms with Crippen molar-refractivity contribution in [3.8, 4) is 11.3 Å². The first-order chi connectivity index (χ1) is 15.8. The summed E-state index contributed by atoms with van der Waals surface area (Å²) in [6.07, 6.45) is -1.26. The minimum absolute atomic E-state index is 0.0399. The number of anilines is 1. The molecule has 0 unspecified atom stereocenters. The number of imidazole rings is 1.